The predicted octanol–water partition coefficient (Wildman–Crippen LogP) is 9.14. The topological polar surface area (TPSA) is 66.8 Å². The number of carbonyl (C=O) groups is 1. The molecule has 0 saturated heterocycles. The van der Waals surface area contributed by atoms with Crippen LogP contribution in [-0.2, 0) is 4.79 Å². The lowest BCUT2D eigenvalue weighted by molar-refractivity contribution is -0.137. The van der Waals surface area contributed by atoms with E-state index in [0.717, 1.165) is 12.8 Å². The number of rotatable bonds is 12. The highest BCUT2D eigenvalue weighted by Gasteiger charge is 2.08. The zero-order chi connectivity index (χ0) is 23.1. The first-order valence-electron chi connectivity index (χ1n) is 10.7. The lowest BCUT2D eigenvalue weighted by atomic mass is 10.1. The second-order valence-electron chi connectivity index (χ2n) is 7.26. The molecule has 0 aliphatic carbocycles. The van der Waals surface area contributed by atoms with Crippen LogP contribution < -0.4 is 4.74 Å². The molecule has 0 aliphatic rings. The third-order valence-corrected chi connectivity index (χ3v) is 5.29. The van der Waals surface area contributed by atoms with Crippen LogP contribution in [-0.4, -0.2) is 16.2 Å². The maximum absolute atomic E-state index is 10.2. The molecule has 7 heteroatoms. The molecular weight excluding hydrogens is 459 g/mol. The van der Waals surface area contributed by atoms with Gasteiger partial charge in [0.2, 0.25) is 0 Å². The summed E-state index contributed by atoms with van der Waals surface area (Å²) in [5.41, 5.74) is 0. The molecule has 0 amide bonds. The smallest absolute Gasteiger partial charge is 0.303 e. The maximum atomic E-state index is 10.2. The minimum atomic E-state index is -0.659. The number of ether oxygens (including phenoxy) is 1. The van der Waals surface area contributed by atoms with Crippen LogP contribution in [0.1, 0.15) is 71.1 Å². The minimum absolute atomic E-state index is 0.0523. The zero-order valence-electron chi connectivity index (χ0n) is 17.9. The second-order valence-corrected chi connectivity index (χ2v) is 8.54. The lowest BCUT2D eigenvalue weighted by Crippen LogP contribution is -1.93. The highest BCUT2D eigenvalue weighted by molar-refractivity contribution is 6.35. The number of aliphatic carboxylic acids is 1. The number of hydrogen-bond donors (Lipinski definition) is 2. The highest BCUT2D eigenvalue weighted by Crippen LogP contribution is 2.36. The molecule has 4 nitrogen and oxygen atoms in total. The van der Waals surface area contributed by atoms with Crippen molar-refractivity contribution >= 4 is 40.8 Å². The molecule has 0 unspecified atom stereocenters. The lowest BCUT2D eigenvalue weighted by Gasteiger charge is -2.09. The average Bonchev–Trinajstić information content (AvgIpc) is 2.71. The summed E-state index contributed by atoms with van der Waals surface area (Å²) in [7, 11) is 0. The van der Waals surface area contributed by atoms with E-state index in [0.29, 0.717) is 27.2 Å². The first kappa shape index (κ1) is 27.4. The van der Waals surface area contributed by atoms with Gasteiger partial charge in [0.25, 0.3) is 0 Å². The van der Waals surface area contributed by atoms with Crippen molar-refractivity contribution in [3.05, 3.63) is 51.5 Å². The van der Waals surface area contributed by atoms with Gasteiger partial charge in [-0.2, -0.15) is 0 Å². The van der Waals surface area contributed by atoms with E-state index in [4.69, 9.17) is 44.6 Å². The average molecular weight is 490 g/mol. The first-order valence-corrected chi connectivity index (χ1v) is 11.8. The van der Waals surface area contributed by atoms with Crippen molar-refractivity contribution in [3.8, 4) is 17.2 Å². The van der Waals surface area contributed by atoms with Gasteiger partial charge in [-0.1, -0.05) is 93.1 Å². The number of phenolic OH excluding ortho intramolecular Hbond substituents is 1. The van der Waals surface area contributed by atoms with Gasteiger partial charge >= 0.3 is 5.97 Å². The number of unbranched alkanes of at least 4 members (excludes halogenated alkanes) is 8. The van der Waals surface area contributed by atoms with Crippen molar-refractivity contribution in [3.63, 3.8) is 0 Å². The van der Waals surface area contributed by atoms with E-state index in [1.54, 1.807) is 30.3 Å². The molecule has 2 aromatic carbocycles. The molecule has 0 aliphatic heterocycles. The van der Waals surface area contributed by atoms with Crippen LogP contribution in [0.3, 0.4) is 0 Å². The Labute approximate surface area is 200 Å². The number of carboxylic acid groups (broad SMARTS) is 1. The van der Waals surface area contributed by atoms with E-state index in [1.165, 1.54) is 51.0 Å². The van der Waals surface area contributed by atoms with Crippen LogP contribution in [0, 0.1) is 0 Å². The summed E-state index contributed by atoms with van der Waals surface area (Å²) in [6, 6.07) is 9.39. The fourth-order valence-corrected chi connectivity index (χ4v) is 3.45. The second kappa shape index (κ2) is 16.1. The molecule has 0 saturated carbocycles. The Morgan fingerprint density at radius 1 is 0.806 bits per heavy atom. The van der Waals surface area contributed by atoms with Gasteiger partial charge in [-0.3, -0.25) is 4.79 Å². The molecule has 0 fully saturated rings. The third kappa shape index (κ3) is 12.7. The predicted molar refractivity (Wildman–Crippen MR) is 129 cm³/mol. The van der Waals surface area contributed by atoms with Gasteiger partial charge in [-0.25, -0.2) is 0 Å². The van der Waals surface area contributed by atoms with Gasteiger partial charge in [-0.15, -0.1) is 0 Å². The van der Waals surface area contributed by atoms with E-state index in [-0.39, 0.29) is 11.5 Å². The van der Waals surface area contributed by atoms with Gasteiger partial charge in [0, 0.05) is 22.5 Å². The van der Waals surface area contributed by atoms with Crippen LogP contribution in [0.2, 0.25) is 15.1 Å². The van der Waals surface area contributed by atoms with Gasteiger partial charge in [0.15, 0.2) is 11.5 Å². The summed E-state index contributed by atoms with van der Waals surface area (Å²) in [5.74, 6) is -0.0243. The molecule has 0 aromatic heterocycles. The number of phenols is 1. The molecule has 0 radical (unpaired) electrons. The summed E-state index contributed by atoms with van der Waals surface area (Å²) >= 11 is 17.4. The first-order chi connectivity index (χ1) is 14.8. The SMILES string of the molecule is CCCCCCCCCCCC(=O)O.Oc1cc(Cl)ccc1Oc1ccc(Cl)cc1Cl. The molecule has 0 bridgehead atoms. The normalized spacial score (nSPS) is 10.3. The Kier molecular flexibility index (Phi) is 14.2. The molecule has 0 heterocycles. The molecule has 0 spiro atoms. The maximum Gasteiger partial charge on any atom is 0.303 e. The van der Waals surface area contributed by atoms with Gasteiger partial charge in [0.05, 0.1) is 5.02 Å². The van der Waals surface area contributed by atoms with Crippen molar-refractivity contribution in [1.29, 1.82) is 0 Å². The van der Waals surface area contributed by atoms with Crippen LogP contribution in [0.25, 0.3) is 0 Å². The summed E-state index contributed by atoms with van der Waals surface area (Å²) in [6.45, 7) is 2.23. The number of carboxylic acids is 1. The van der Waals surface area contributed by atoms with E-state index in [2.05, 4.69) is 6.92 Å². The van der Waals surface area contributed by atoms with Crippen LogP contribution in [0.4, 0.5) is 0 Å². The summed E-state index contributed by atoms with van der Waals surface area (Å²) < 4.78 is 5.45. The Morgan fingerprint density at radius 2 is 1.32 bits per heavy atom. The standard InChI is InChI=1S/C12H7Cl3O2.C12H24O2/c13-7-1-3-11(9(15)5-7)17-12-4-2-8(14)6-10(12)16;1-2-3-4-5-6-7-8-9-10-11-12(13)14/h1-6,16H;2-11H2,1H3,(H,13,14). The van der Waals surface area contributed by atoms with Gasteiger partial charge in [-0.05, 0) is 36.8 Å². The number of hydrogen-bond acceptors (Lipinski definition) is 3. The van der Waals surface area contributed by atoms with Crippen LogP contribution >= 0.6 is 34.8 Å². The van der Waals surface area contributed by atoms with Crippen molar-refractivity contribution in [1.82, 2.24) is 0 Å². The molecule has 2 rings (SSSR count). The van der Waals surface area contributed by atoms with Gasteiger partial charge in [0.1, 0.15) is 5.75 Å². The van der Waals surface area contributed by atoms with E-state index in [1.807, 2.05) is 0 Å². The Hall–Kier alpha value is -1.62. The van der Waals surface area contributed by atoms with Crippen LogP contribution in [0.15, 0.2) is 36.4 Å². The molecule has 172 valence electrons. The Balaban J connectivity index is 0.000000318. The summed E-state index contributed by atoms with van der Waals surface area (Å²) in [5, 5.41) is 19.3. The fourth-order valence-electron chi connectivity index (χ4n) is 2.84. The highest BCUT2D eigenvalue weighted by atomic mass is 35.5. The molecule has 2 N–H and O–H groups in total. The molecule has 31 heavy (non-hydrogen) atoms. The summed E-state index contributed by atoms with van der Waals surface area (Å²) in [4.78, 5) is 10.2. The van der Waals surface area contributed by atoms with E-state index >= 15 is 0 Å². The monoisotopic (exact) mass is 488 g/mol. The van der Waals surface area contributed by atoms with Crippen molar-refractivity contribution in [2.75, 3.05) is 0 Å². The fraction of sp³-hybridized carbons (Fsp3) is 0.458. The van der Waals surface area contributed by atoms with Crippen molar-refractivity contribution in [2.24, 2.45) is 0 Å². The Bertz CT molecular complexity index is 747. The molecular formula is C24H31Cl3O4. The van der Waals surface area contributed by atoms with Crippen LogP contribution in [0.5, 0.6) is 17.2 Å². The zero-order valence-corrected chi connectivity index (χ0v) is 20.1. The molecule has 2 aromatic rings. The quantitative estimate of drug-likeness (QED) is 0.292. The largest absolute Gasteiger partial charge is 0.504 e. The minimum Gasteiger partial charge on any atom is -0.504 e. The van der Waals surface area contributed by atoms with Gasteiger partial charge < -0.3 is 14.9 Å². The number of aromatic hydroxyl groups is 1. The summed E-state index contributed by atoms with van der Waals surface area (Å²) in [6.07, 6.45) is 11.5. The van der Waals surface area contributed by atoms with Crippen molar-refractivity contribution < 1.29 is 19.7 Å². The van der Waals surface area contributed by atoms with E-state index in [9.17, 15) is 9.90 Å². The Morgan fingerprint density at radius 3 is 1.84 bits per heavy atom. The van der Waals surface area contributed by atoms with E-state index < -0.39 is 5.97 Å². The third-order valence-electron chi connectivity index (χ3n) is 4.53. The molecule has 0 atom stereocenters. The number of benzene rings is 2. The van der Waals surface area contributed by atoms with Crippen molar-refractivity contribution in [2.45, 2.75) is 71.1 Å². The number of halogens is 3.